The minimum Gasteiger partial charge on any atom is -0.493 e. The highest BCUT2D eigenvalue weighted by molar-refractivity contribution is 7.95. The maximum Gasteiger partial charge on any atom is 0.364 e. The number of methoxy groups -OCH3 is 2. The number of halogens is 5. The van der Waals surface area contributed by atoms with Gasteiger partial charge in [-0.2, -0.15) is 0 Å². The lowest BCUT2D eigenvalue weighted by Gasteiger charge is -2.09. The molecule has 7 nitrogen and oxygen atoms in total. The molecule has 0 heterocycles. The van der Waals surface area contributed by atoms with Gasteiger partial charge in [-0.25, -0.2) is 30.4 Å². The number of rotatable bonds is 6. The molecule has 156 valence electrons. The Hall–Kier alpha value is -3.22. The van der Waals surface area contributed by atoms with Gasteiger partial charge in [-0.1, -0.05) is 0 Å². The Labute approximate surface area is 160 Å². The molecule has 2 aromatic carbocycles. The molecule has 0 amide bonds. The van der Waals surface area contributed by atoms with Gasteiger partial charge < -0.3 is 9.47 Å². The summed E-state index contributed by atoms with van der Waals surface area (Å²) in [6, 6.07) is 2.78. The zero-order valence-corrected chi connectivity index (χ0v) is 15.3. The molecule has 2 aromatic rings. The summed E-state index contributed by atoms with van der Waals surface area (Å²) in [5.41, 5.74) is -1.78. The molecule has 0 saturated carbocycles. The second-order valence-electron chi connectivity index (χ2n) is 5.24. The molecule has 0 aromatic heterocycles. The number of nitrogens with zero attached hydrogens (tertiary/aromatic N) is 1. The molecule has 0 saturated heterocycles. The van der Waals surface area contributed by atoms with E-state index in [1.165, 1.54) is 7.11 Å². The number of benzene rings is 2. The summed E-state index contributed by atoms with van der Waals surface area (Å²) in [6.07, 6.45) is -0.248. The molecular formula is C16H10F5NO6S. The molecule has 0 fully saturated rings. The van der Waals surface area contributed by atoms with Crippen molar-refractivity contribution in [3.8, 4) is 11.5 Å². The highest BCUT2D eigenvalue weighted by Crippen LogP contribution is 2.33. The van der Waals surface area contributed by atoms with Crippen LogP contribution >= 0.6 is 0 Å². The van der Waals surface area contributed by atoms with Gasteiger partial charge >= 0.3 is 5.03 Å². The number of ether oxygens (including phenoxy) is 2. The lowest BCUT2D eigenvalue weighted by molar-refractivity contribution is -0.410. The van der Waals surface area contributed by atoms with Crippen molar-refractivity contribution in [1.82, 2.24) is 0 Å². The van der Waals surface area contributed by atoms with Crippen LogP contribution in [0, 0.1) is 39.2 Å². The van der Waals surface area contributed by atoms with Crippen LogP contribution < -0.4 is 9.47 Å². The Morgan fingerprint density at radius 2 is 1.41 bits per heavy atom. The number of nitro groups is 1. The predicted molar refractivity (Wildman–Crippen MR) is 87.9 cm³/mol. The van der Waals surface area contributed by atoms with Crippen LogP contribution in [0.3, 0.4) is 0 Å². The zero-order chi connectivity index (χ0) is 22.1. The largest absolute Gasteiger partial charge is 0.493 e. The van der Waals surface area contributed by atoms with Gasteiger partial charge in [0.15, 0.2) is 34.8 Å². The molecule has 0 bridgehead atoms. The minimum absolute atomic E-state index is 0.0675. The van der Waals surface area contributed by atoms with E-state index in [9.17, 15) is 40.5 Å². The summed E-state index contributed by atoms with van der Waals surface area (Å²) >= 11 is 0. The first-order valence-corrected chi connectivity index (χ1v) is 8.80. The van der Waals surface area contributed by atoms with Crippen molar-refractivity contribution in [2.24, 2.45) is 0 Å². The average Bonchev–Trinajstić information content (AvgIpc) is 2.69. The van der Waals surface area contributed by atoms with E-state index in [0.717, 1.165) is 25.3 Å². The molecule has 0 unspecified atom stereocenters. The number of sulfone groups is 1. The van der Waals surface area contributed by atoms with Gasteiger partial charge in [0.2, 0.25) is 5.82 Å². The van der Waals surface area contributed by atoms with Gasteiger partial charge in [0.25, 0.3) is 9.84 Å². The smallest absolute Gasteiger partial charge is 0.364 e. The van der Waals surface area contributed by atoms with Crippen molar-refractivity contribution < 1.29 is 44.8 Å². The summed E-state index contributed by atoms with van der Waals surface area (Å²) < 4.78 is 102. The Morgan fingerprint density at radius 1 is 0.931 bits per heavy atom. The van der Waals surface area contributed by atoms with Gasteiger partial charge in [-0.3, -0.25) is 10.1 Å². The molecule has 13 heteroatoms. The van der Waals surface area contributed by atoms with Crippen LogP contribution in [0.2, 0.25) is 0 Å². The van der Waals surface area contributed by atoms with E-state index in [0.29, 0.717) is 0 Å². The van der Waals surface area contributed by atoms with Gasteiger partial charge in [0.1, 0.15) is 0 Å². The van der Waals surface area contributed by atoms with Crippen molar-refractivity contribution in [2.45, 2.75) is 4.90 Å². The fourth-order valence-corrected chi connectivity index (χ4v) is 3.43. The average molecular weight is 439 g/mol. The number of hydrogen-bond donors (Lipinski definition) is 0. The van der Waals surface area contributed by atoms with Crippen LogP contribution in [-0.2, 0) is 9.84 Å². The van der Waals surface area contributed by atoms with E-state index in [2.05, 4.69) is 0 Å². The molecule has 0 spiro atoms. The van der Waals surface area contributed by atoms with E-state index in [4.69, 9.17) is 9.47 Å². The second-order valence-corrected chi connectivity index (χ2v) is 7.14. The lowest BCUT2D eigenvalue weighted by Crippen LogP contribution is -2.14. The molecule has 0 aliphatic heterocycles. The van der Waals surface area contributed by atoms with Crippen LogP contribution in [0.15, 0.2) is 28.1 Å². The van der Waals surface area contributed by atoms with E-state index in [1.54, 1.807) is 0 Å². The van der Waals surface area contributed by atoms with Crippen molar-refractivity contribution in [1.29, 1.82) is 0 Å². The summed E-state index contributed by atoms with van der Waals surface area (Å²) in [6.45, 7) is 0. The molecule has 0 aliphatic rings. The van der Waals surface area contributed by atoms with Crippen molar-refractivity contribution in [2.75, 3.05) is 14.2 Å². The summed E-state index contributed by atoms with van der Waals surface area (Å²) in [5, 5.41) is 9.43. The monoisotopic (exact) mass is 439 g/mol. The molecule has 0 aliphatic carbocycles. The van der Waals surface area contributed by atoms with Gasteiger partial charge in [-0.15, -0.1) is 0 Å². The van der Waals surface area contributed by atoms with Crippen molar-refractivity contribution in [3.63, 3.8) is 0 Å². The molecule has 0 radical (unpaired) electrons. The highest BCUT2D eigenvalue weighted by Gasteiger charge is 2.35. The van der Waals surface area contributed by atoms with Crippen LogP contribution in [0.4, 0.5) is 22.0 Å². The van der Waals surface area contributed by atoms with E-state index < -0.39 is 59.3 Å². The molecule has 0 N–H and O–H groups in total. The Balaban J connectivity index is 2.78. The second kappa shape index (κ2) is 8.03. The standard InChI is InChI=1S/C16H10F5NO6S/c1-27-9-4-3-7(5-10(9)28-2)29(25,26)11(22(23)24)6-8-12(17)14(19)16(21)15(20)13(8)18/h3-6H,1-2H3/b11-6+. The van der Waals surface area contributed by atoms with Crippen LogP contribution in [0.1, 0.15) is 5.56 Å². The number of hydrogen-bond acceptors (Lipinski definition) is 6. The molecule has 0 atom stereocenters. The normalized spacial score (nSPS) is 12.0. The third-order valence-corrected chi connectivity index (χ3v) is 5.32. The maximum absolute atomic E-state index is 13.8. The van der Waals surface area contributed by atoms with Gasteiger partial charge in [0.05, 0.1) is 29.6 Å². The van der Waals surface area contributed by atoms with E-state index in [1.807, 2.05) is 0 Å². The Morgan fingerprint density at radius 3 is 1.86 bits per heavy atom. The fraction of sp³-hybridized carbons (Fsp3) is 0.125. The van der Waals surface area contributed by atoms with Gasteiger partial charge in [0, 0.05) is 12.1 Å². The third kappa shape index (κ3) is 3.85. The van der Waals surface area contributed by atoms with Crippen LogP contribution in [0.5, 0.6) is 11.5 Å². The zero-order valence-electron chi connectivity index (χ0n) is 14.5. The highest BCUT2D eigenvalue weighted by atomic mass is 32.2. The first-order valence-electron chi connectivity index (χ1n) is 7.32. The molecule has 2 rings (SSSR count). The Bertz CT molecular complexity index is 1100. The fourth-order valence-electron chi connectivity index (χ4n) is 2.20. The summed E-state index contributed by atoms with van der Waals surface area (Å²) in [7, 11) is -2.69. The van der Waals surface area contributed by atoms with Gasteiger partial charge in [-0.05, 0) is 12.1 Å². The predicted octanol–water partition coefficient (Wildman–Crippen LogP) is 3.45. The van der Waals surface area contributed by atoms with Crippen molar-refractivity contribution in [3.05, 3.63) is 68.0 Å². The summed E-state index contributed by atoms with van der Waals surface area (Å²) in [4.78, 5) is 8.97. The first-order chi connectivity index (χ1) is 13.5. The maximum atomic E-state index is 13.8. The van der Waals surface area contributed by atoms with Crippen LogP contribution in [0.25, 0.3) is 6.08 Å². The molecule has 29 heavy (non-hydrogen) atoms. The topological polar surface area (TPSA) is 95.7 Å². The third-order valence-electron chi connectivity index (χ3n) is 3.63. The van der Waals surface area contributed by atoms with Crippen LogP contribution in [-0.4, -0.2) is 27.6 Å². The SMILES string of the molecule is COc1ccc(S(=O)(=O)/C(=C/c2c(F)c(F)c(F)c(F)c2F)[N+](=O)[O-])cc1OC. The lowest BCUT2D eigenvalue weighted by atomic mass is 10.1. The van der Waals surface area contributed by atoms with Crippen molar-refractivity contribution >= 4 is 15.9 Å². The van der Waals surface area contributed by atoms with E-state index >= 15 is 0 Å². The Kier molecular flexibility index (Phi) is 6.11. The quantitative estimate of drug-likeness (QED) is 0.225. The van der Waals surface area contributed by atoms with E-state index in [-0.39, 0.29) is 17.6 Å². The minimum atomic E-state index is -5.07. The first kappa shape index (κ1) is 22.1. The summed E-state index contributed by atoms with van der Waals surface area (Å²) in [5.74, 6) is -12.2. The molecular weight excluding hydrogens is 429 g/mol.